The molecule has 0 aliphatic heterocycles. The van der Waals surface area contributed by atoms with E-state index in [-0.39, 0.29) is 12.6 Å². The van der Waals surface area contributed by atoms with Crippen molar-refractivity contribution in [3.63, 3.8) is 0 Å². The summed E-state index contributed by atoms with van der Waals surface area (Å²) >= 11 is 4.49. The maximum absolute atomic E-state index is 12.6. The van der Waals surface area contributed by atoms with Gasteiger partial charge in [0.1, 0.15) is 5.92 Å². The van der Waals surface area contributed by atoms with Crippen molar-refractivity contribution in [3.05, 3.63) is 0 Å². The highest BCUT2D eigenvalue weighted by Crippen LogP contribution is 2.29. The molecule has 0 bridgehead atoms. The molecule has 0 heterocycles. The minimum absolute atomic E-state index is 0.122. The van der Waals surface area contributed by atoms with E-state index < -0.39 is 17.1 Å². The van der Waals surface area contributed by atoms with Crippen molar-refractivity contribution in [1.29, 1.82) is 0 Å². The van der Waals surface area contributed by atoms with Gasteiger partial charge in [0.05, 0.1) is 4.99 Å². The molecule has 0 aromatic heterocycles. The van der Waals surface area contributed by atoms with Crippen LogP contribution in [0.2, 0.25) is 0 Å². The summed E-state index contributed by atoms with van der Waals surface area (Å²) in [6, 6.07) is 0.249. The fraction of sp³-hybridized carbons (Fsp3) is 0.900. The van der Waals surface area contributed by atoms with Crippen LogP contribution in [0.5, 0.6) is 0 Å². The molecule has 1 atom stereocenters. The molecule has 1 saturated carbocycles. The van der Waals surface area contributed by atoms with E-state index in [0.717, 1.165) is 25.7 Å². The number of hydrogen-bond donors (Lipinski definition) is 1. The summed E-state index contributed by atoms with van der Waals surface area (Å²) in [6.45, 7) is -0.122. The summed E-state index contributed by atoms with van der Waals surface area (Å²) in [7, 11) is 1.72. The van der Waals surface area contributed by atoms with Crippen molar-refractivity contribution in [2.24, 2.45) is 11.7 Å². The Bertz CT molecular complexity index is 249. The summed E-state index contributed by atoms with van der Waals surface area (Å²) in [4.78, 5) is 1.28. The van der Waals surface area contributed by atoms with Crippen LogP contribution in [0, 0.1) is 5.92 Å². The van der Waals surface area contributed by atoms with E-state index in [1.807, 2.05) is 0 Å². The van der Waals surface area contributed by atoms with Crippen LogP contribution in [0.25, 0.3) is 0 Å². The van der Waals surface area contributed by atoms with Gasteiger partial charge in [0.2, 0.25) is 0 Å². The summed E-state index contributed by atoms with van der Waals surface area (Å²) in [5.41, 5.74) is 5.15. The van der Waals surface area contributed by atoms with Gasteiger partial charge in [-0.3, -0.25) is 0 Å². The van der Waals surface area contributed by atoms with Gasteiger partial charge in [0, 0.05) is 12.6 Å². The van der Waals surface area contributed by atoms with E-state index in [1.54, 1.807) is 11.9 Å². The van der Waals surface area contributed by atoms with E-state index in [9.17, 15) is 13.2 Å². The van der Waals surface area contributed by atoms with Gasteiger partial charge in [-0.05, 0) is 19.9 Å². The minimum atomic E-state index is -4.33. The van der Waals surface area contributed by atoms with Crippen LogP contribution in [0.1, 0.15) is 25.7 Å². The van der Waals surface area contributed by atoms with E-state index in [2.05, 4.69) is 12.2 Å². The highest BCUT2D eigenvalue weighted by molar-refractivity contribution is 7.80. The SMILES string of the molecule is CN(CC(C(N)=S)C(F)(F)F)C1CCCC1. The molecule has 0 radical (unpaired) electrons. The van der Waals surface area contributed by atoms with Crippen LogP contribution in [0.4, 0.5) is 13.2 Å². The number of nitrogens with two attached hydrogens (primary N) is 1. The first-order chi connectivity index (χ1) is 7.32. The molecule has 0 saturated heterocycles. The standard InChI is InChI=1S/C10H17F3N2S/c1-15(7-4-2-3-5-7)6-8(9(14)16)10(11,12)13/h7-8H,2-6H2,1H3,(H2,14,16). The third-order valence-corrected chi connectivity index (χ3v) is 3.44. The Balaban J connectivity index is 2.57. The van der Waals surface area contributed by atoms with Crippen molar-refractivity contribution in [2.75, 3.05) is 13.6 Å². The van der Waals surface area contributed by atoms with Gasteiger partial charge in [-0.1, -0.05) is 25.1 Å². The van der Waals surface area contributed by atoms with Crippen molar-refractivity contribution < 1.29 is 13.2 Å². The monoisotopic (exact) mass is 254 g/mol. The summed E-state index contributed by atoms with van der Waals surface area (Å²) in [6.07, 6.45) is -0.201. The molecule has 6 heteroatoms. The number of rotatable bonds is 4. The van der Waals surface area contributed by atoms with Gasteiger partial charge in [-0.2, -0.15) is 13.2 Å². The number of nitrogens with zero attached hydrogens (tertiary/aromatic N) is 1. The zero-order valence-electron chi connectivity index (χ0n) is 9.26. The van der Waals surface area contributed by atoms with Crippen LogP contribution in [-0.4, -0.2) is 35.7 Å². The molecule has 0 aromatic rings. The maximum Gasteiger partial charge on any atom is 0.399 e. The van der Waals surface area contributed by atoms with Crippen molar-refractivity contribution >= 4 is 17.2 Å². The zero-order chi connectivity index (χ0) is 12.3. The van der Waals surface area contributed by atoms with Gasteiger partial charge < -0.3 is 10.6 Å². The lowest BCUT2D eigenvalue weighted by Crippen LogP contribution is -2.44. The van der Waals surface area contributed by atoms with Crippen LogP contribution < -0.4 is 5.73 Å². The second-order valence-corrected chi connectivity index (χ2v) is 4.85. The largest absolute Gasteiger partial charge is 0.399 e. The molecule has 0 aromatic carbocycles. The molecule has 1 aliphatic rings. The first kappa shape index (κ1) is 13.7. The first-order valence-corrected chi connectivity index (χ1v) is 5.79. The molecule has 1 unspecified atom stereocenters. The quantitative estimate of drug-likeness (QED) is 0.781. The molecule has 1 rings (SSSR count). The molecular weight excluding hydrogens is 237 g/mol. The van der Waals surface area contributed by atoms with Crippen LogP contribution in [-0.2, 0) is 0 Å². The average Bonchev–Trinajstić information content (AvgIpc) is 2.63. The lowest BCUT2D eigenvalue weighted by molar-refractivity contribution is -0.159. The molecule has 0 amide bonds. The van der Waals surface area contributed by atoms with Crippen molar-refractivity contribution in [3.8, 4) is 0 Å². The molecule has 2 N–H and O–H groups in total. The Morgan fingerprint density at radius 3 is 2.31 bits per heavy atom. The third kappa shape index (κ3) is 3.59. The fourth-order valence-electron chi connectivity index (χ4n) is 2.14. The molecule has 1 fully saturated rings. The Morgan fingerprint density at radius 2 is 1.94 bits per heavy atom. The molecule has 94 valence electrons. The van der Waals surface area contributed by atoms with Gasteiger partial charge in [-0.25, -0.2) is 0 Å². The normalized spacial score (nSPS) is 20.3. The first-order valence-electron chi connectivity index (χ1n) is 5.38. The molecule has 16 heavy (non-hydrogen) atoms. The van der Waals surface area contributed by atoms with Gasteiger partial charge in [-0.15, -0.1) is 0 Å². The number of alkyl halides is 3. The lowest BCUT2D eigenvalue weighted by Gasteiger charge is -2.29. The molecular formula is C10H17F3N2S. The molecule has 2 nitrogen and oxygen atoms in total. The topological polar surface area (TPSA) is 29.3 Å². The van der Waals surface area contributed by atoms with Gasteiger partial charge >= 0.3 is 6.18 Å². The third-order valence-electron chi connectivity index (χ3n) is 3.16. The van der Waals surface area contributed by atoms with Gasteiger partial charge in [0.15, 0.2) is 0 Å². The van der Waals surface area contributed by atoms with E-state index in [4.69, 9.17) is 5.73 Å². The van der Waals surface area contributed by atoms with E-state index in [1.165, 1.54) is 0 Å². The molecule has 0 spiro atoms. The van der Waals surface area contributed by atoms with E-state index in [0.29, 0.717) is 0 Å². The van der Waals surface area contributed by atoms with E-state index >= 15 is 0 Å². The average molecular weight is 254 g/mol. The lowest BCUT2D eigenvalue weighted by atomic mass is 10.1. The highest BCUT2D eigenvalue weighted by atomic mass is 32.1. The van der Waals surface area contributed by atoms with Crippen LogP contribution in [0.15, 0.2) is 0 Å². The smallest absolute Gasteiger partial charge is 0.393 e. The van der Waals surface area contributed by atoms with Gasteiger partial charge in [0.25, 0.3) is 0 Å². The van der Waals surface area contributed by atoms with Crippen LogP contribution in [0.3, 0.4) is 0 Å². The predicted octanol–water partition coefficient (Wildman–Crippen LogP) is 2.33. The van der Waals surface area contributed by atoms with Crippen molar-refractivity contribution in [2.45, 2.75) is 37.9 Å². The molecule has 1 aliphatic carbocycles. The fourth-order valence-corrected chi connectivity index (χ4v) is 2.35. The Kier molecular flexibility index (Phi) is 4.55. The predicted molar refractivity (Wildman–Crippen MR) is 61.2 cm³/mol. The van der Waals surface area contributed by atoms with Crippen molar-refractivity contribution in [1.82, 2.24) is 4.90 Å². The Labute approximate surface area is 99.0 Å². The number of hydrogen-bond acceptors (Lipinski definition) is 2. The van der Waals surface area contributed by atoms with Crippen LogP contribution >= 0.6 is 12.2 Å². The number of thiocarbonyl (C=S) groups is 1. The highest BCUT2D eigenvalue weighted by Gasteiger charge is 2.42. The second-order valence-electron chi connectivity index (χ2n) is 4.37. The summed E-state index contributed by atoms with van der Waals surface area (Å²) < 4.78 is 37.9. The number of halogens is 3. The summed E-state index contributed by atoms with van der Waals surface area (Å²) in [5, 5.41) is 0. The maximum atomic E-state index is 12.6. The zero-order valence-corrected chi connectivity index (χ0v) is 10.1. The summed E-state index contributed by atoms with van der Waals surface area (Å²) in [5.74, 6) is -1.69. The minimum Gasteiger partial charge on any atom is -0.393 e. The second kappa shape index (κ2) is 5.31. The Hall–Kier alpha value is -0.360. The Morgan fingerprint density at radius 1 is 1.44 bits per heavy atom.